The number of rotatable bonds is 4. The van der Waals surface area contributed by atoms with Gasteiger partial charge in [0.2, 0.25) is 0 Å². The van der Waals surface area contributed by atoms with E-state index in [1.165, 1.54) is 0 Å². The van der Waals surface area contributed by atoms with Crippen LogP contribution in [0.25, 0.3) is 0 Å². The molecule has 0 saturated heterocycles. The zero-order chi connectivity index (χ0) is 15.6. The van der Waals surface area contributed by atoms with Crippen LogP contribution in [0.4, 0.5) is 0 Å². The monoisotopic (exact) mass is 302 g/mol. The first-order valence-corrected chi connectivity index (χ1v) is 7.34. The van der Waals surface area contributed by atoms with E-state index < -0.39 is 0 Å². The SMILES string of the molecule is Cc1cc(C(=O)c2cccc(OC(C)C)c2)c(C)cc1Cl. The Balaban J connectivity index is 2.38. The van der Waals surface area contributed by atoms with Crippen LogP contribution in [-0.2, 0) is 0 Å². The van der Waals surface area contributed by atoms with Crippen LogP contribution in [0.2, 0.25) is 5.02 Å². The number of hydrogen-bond donors (Lipinski definition) is 0. The van der Waals surface area contributed by atoms with E-state index in [1.807, 2.05) is 52.0 Å². The molecule has 0 aliphatic rings. The van der Waals surface area contributed by atoms with Crippen LogP contribution in [0, 0.1) is 13.8 Å². The Morgan fingerprint density at radius 2 is 1.81 bits per heavy atom. The van der Waals surface area contributed by atoms with Crippen LogP contribution in [0.5, 0.6) is 5.75 Å². The van der Waals surface area contributed by atoms with E-state index in [9.17, 15) is 4.79 Å². The van der Waals surface area contributed by atoms with Crippen molar-refractivity contribution in [3.05, 3.63) is 63.7 Å². The Bertz CT molecular complexity index is 675. The fraction of sp³-hybridized carbons (Fsp3) is 0.278. The van der Waals surface area contributed by atoms with E-state index in [1.54, 1.807) is 12.1 Å². The van der Waals surface area contributed by atoms with E-state index >= 15 is 0 Å². The number of carbonyl (C=O) groups is 1. The summed E-state index contributed by atoms with van der Waals surface area (Å²) in [5.41, 5.74) is 3.09. The van der Waals surface area contributed by atoms with Gasteiger partial charge in [-0.1, -0.05) is 23.7 Å². The van der Waals surface area contributed by atoms with Crippen LogP contribution >= 0.6 is 11.6 Å². The van der Waals surface area contributed by atoms with Crippen LogP contribution in [0.1, 0.15) is 40.9 Å². The molecule has 0 heterocycles. The van der Waals surface area contributed by atoms with Crippen molar-refractivity contribution in [2.45, 2.75) is 33.8 Å². The Kier molecular flexibility index (Phi) is 4.69. The normalized spacial score (nSPS) is 10.8. The third kappa shape index (κ3) is 3.64. The quantitative estimate of drug-likeness (QED) is 0.745. The molecule has 0 unspecified atom stereocenters. The van der Waals surface area contributed by atoms with Crippen molar-refractivity contribution in [2.24, 2.45) is 0 Å². The Morgan fingerprint density at radius 1 is 1.10 bits per heavy atom. The largest absolute Gasteiger partial charge is 0.491 e. The van der Waals surface area contributed by atoms with Crippen molar-refractivity contribution in [3.8, 4) is 5.75 Å². The summed E-state index contributed by atoms with van der Waals surface area (Å²) in [6.45, 7) is 7.71. The number of aryl methyl sites for hydroxylation is 2. The number of hydrogen-bond acceptors (Lipinski definition) is 2. The van der Waals surface area contributed by atoms with Gasteiger partial charge in [-0.25, -0.2) is 0 Å². The average Bonchev–Trinajstić information content (AvgIpc) is 2.41. The minimum absolute atomic E-state index is 0.0125. The molecule has 2 aromatic rings. The van der Waals surface area contributed by atoms with E-state index in [4.69, 9.17) is 16.3 Å². The van der Waals surface area contributed by atoms with Crippen molar-refractivity contribution in [3.63, 3.8) is 0 Å². The second-order valence-electron chi connectivity index (χ2n) is 5.44. The average molecular weight is 303 g/mol. The third-order valence-electron chi connectivity index (χ3n) is 3.22. The molecule has 0 aliphatic carbocycles. The molecule has 2 aromatic carbocycles. The summed E-state index contributed by atoms with van der Waals surface area (Å²) in [4.78, 5) is 12.7. The number of ether oxygens (including phenoxy) is 1. The number of carbonyl (C=O) groups excluding carboxylic acids is 1. The van der Waals surface area contributed by atoms with Gasteiger partial charge >= 0.3 is 0 Å². The minimum Gasteiger partial charge on any atom is -0.491 e. The van der Waals surface area contributed by atoms with Gasteiger partial charge in [-0.05, 0) is 63.1 Å². The first-order chi connectivity index (χ1) is 9.88. The highest BCUT2D eigenvalue weighted by molar-refractivity contribution is 6.31. The fourth-order valence-electron chi connectivity index (χ4n) is 2.16. The number of benzene rings is 2. The lowest BCUT2D eigenvalue weighted by atomic mass is 9.97. The Morgan fingerprint density at radius 3 is 2.48 bits per heavy atom. The summed E-state index contributed by atoms with van der Waals surface area (Å²) in [6.07, 6.45) is 0.0786. The van der Waals surface area contributed by atoms with Gasteiger partial charge in [0.05, 0.1) is 6.10 Å². The molecule has 0 fully saturated rings. The smallest absolute Gasteiger partial charge is 0.193 e. The molecule has 0 radical (unpaired) electrons. The maximum Gasteiger partial charge on any atom is 0.193 e. The van der Waals surface area contributed by atoms with Crippen LogP contribution in [0.15, 0.2) is 36.4 Å². The second-order valence-corrected chi connectivity index (χ2v) is 5.85. The predicted octanol–water partition coefficient (Wildman–Crippen LogP) is 4.98. The van der Waals surface area contributed by atoms with Crippen LogP contribution < -0.4 is 4.74 Å². The minimum atomic E-state index is -0.0125. The second kappa shape index (κ2) is 6.31. The third-order valence-corrected chi connectivity index (χ3v) is 3.63. The van der Waals surface area contributed by atoms with Gasteiger partial charge in [-0.2, -0.15) is 0 Å². The van der Waals surface area contributed by atoms with Gasteiger partial charge in [-0.15, -0.1) is 0 Å². The van der Waals surface area contributed by atoms with Gasteiger partial charge in [0.25, 0.3) is 0 Å². The van der Waals surface area contributed by atoms with E-state index in [2.05, 4.69) is 0 Å². The molecule has 0 aliphatic heterocycles. The predicted molar refractivity (Wildman–Crippen MR) is 86.6 cm³/mol. The molecular weight excluding hydrogens is 284 g/mol. The van der Waals surface area contributed by atoms with E-state index in [-0.39, 0.29) is 11.9 Å². The standard InChI is InChI=1S/C18H19ClO2/c1-11(2)21-15-7-5-6-14(10-15)18(20)16-8-13(4)17(19)9-12(16)3/h5-11H,1-4H3. The van der Waals surface area contributed by atoms with Crippen molar-refractivity contribution < 1.29 is 9.53 Å². The molecule has 0 saturated carbocycles. The van der Waals surface area contributed by atoms with E-state index in [0.717, 1.165) is 11.1 Å². The molecule has 0 amide bonds. The van der Waals surface area contributed by atoms with Crippen molar-refractivity contribution >= 4 is 17.4 Å². The van der Waals surface area contributed by atoms with Crippen molar-refractivity contribution in [1.29, 1.82) is 0 Å². The molecule has 0 N–H and O–H groups in total. The lowest BCUT2D eigenvalue weighted by Crippen LogP contribution is -2.08. The summed E-state index contributed by atoms with van der Waals surface area (Å²) in [5.74, 6) is 0.695. The highest BCUT2D eigenvalue weighted by atomic mass is 35.5. The van der Waals surface area contributed by atoms with E-state index in [0.29, 0.717) is 21.9 Å². The molecule has 0 atom stereocenters. The molecule has 0 spiro atoms. The molecule has 2 nitrogen and oxygen atoms in total. The number of ketones is 1. The molecule has 0 aromatic heterocycles. The van der Waals surface area contributed by atoms with Crippen molar-refractivity contribution in [1.82, 2.24) is 0 Å². The topological polar surface area (TPSA) is 26.3 Å². The lowest BCUT2D eigenvalue weighted by Gasteiger charge is -2.12. The first kappa shape index (κ1) is 15.6. The fourth-order valence-corrected chi connectivity index (χ4v) is 2.38. The van der Waals surface area contributed by atoms with Crippen LogP contribution in [-0.4, -0.2) is 11.9 Å². The zero-order valence-corrected chi connectivity index (χ0v) is 13.5. The molecule has 2 rings (SSSR count). The molecular formula is C18H19ClO2. The van der Waals surface area contributed by atoms with Gasteiger partial charge < -0.3 is 4.74 Å². The van der Waals surface area contributed by atoms with Gasteiger partial charge in [0.15, 0.2) is 5.78 Å². The highest BCUT2D eigenvalue weighted by Crippen LogP contribution is 2.24. The molecule has 0 bridgehead atoms. The number of halogens is 1. The summed E-state index contributed by atoms with van der Waals surface area (Å²) in [7, 11) is 0. The molecule has 110 valence electrons. The highest BCUT2D eigenvalue weighted by Gasteiger charge is 2.14. The Labute approximate surface area is 130 Å². The van der Waals surface area contributed by atoms with Gasteiger partial charge in [-0.3, -0.25) is 4.79 Å². The summed E-state index contributed by atoms with van der Waals surface area (Å²) < 4.78 is 5.64. The summed E-state index contributed by atoms with van der Waals surface area (Å²) in [5, 5.41) is 0.681. The lowest BCUT2D eigenvalue weighted by molar-refractivity contribution is 0.103. The maximum atomic E-state index is 12.7. The molecule has 21 heavy (non-hydrogen) atoms. The summed E-state index contributed by atoms with van der Waals surface area (Å²) >= 11 is 6.09. The Hall–Kier alpha value is -1.80. The first-order valence-electron chi connectivity index (χ1n) is 6.96. The van der Waals surface area contributed by atoms with Crippen molar-refractivity contribution in [2.75, 3.05) is 0 Å². The maximum absolute atomic E-state index is 12.7. The van der Waals surface area contributed by atoms with Crippen LogP contribution in [0.3, 0.4) is 0 Å². The molecule has 3 heteroatoms. The van der Waals surface area contributed by atoms with Gasteiger partial charge in [0.1, 0.15) is 5.75 Å². The zero-order valence-electron chi connectivity index (χ0n) is 12.7. The van der Waals surface area contributed by atoms with Gasteiger partial charge in [0, 0.05) is 16.1 Å². The summed E-state index contributed by atoms with van der Waals surface area (Å²) in [6, 6.07) is 11.0.